The third-order valence-corrected chi connectivity index (χ3v) is 5.12. The number of carbonyl (C=O) groups is 2. The van der Waals surface area contributed by atoms with E-state index in [0.29, 0.717) is 48.4 Å². The van der Waals surface area contributed by atoms with Crippen molar-refractivity contribution in [2.75, 3.05) is 26.2 Å². The van der Waals surface area contributed by atoms with Gasteiger partial charge in [-0.15, -0.1) is 0 Å². The molecule has 1 aliphatic heterocycles. The van der Waals surface area contributed by atoms with E-state index in [4.69, 9.17) is 27.9 Å². The van der Waals surface area contributed by atoms with E-state index in [-0.39, 0.29) is 11.8 Å². The van der Waals surface area contributed by atoms with Crippen LogP contribution in [0.1, 0.15) is 22.8 Å². The lowest BCUT2D eigenvalue weighted by Crippen LogP contribution is -2.52. The summed E-state index contributed by atoms with van der Waals surface area (Å²) >= 11 is 12.0. The zero-order valence-corrected chi connectivity index (χ0v) is 17.1. The first-order valence-corrected chi connectivity index (χ1v) is 9.89. The van der Waals surface area contributed by atoms with Crippen molar-refractivity contribution in [3.8, 4) is 0 Å². The summed E-state index contributed by atoms with van der Waals surface area (Å²) in [6.07, 6.45) is -0.533. The molecule has 3 rings (SSSR count). The summed E-state index contributed by atoms with van der Waals surface area (Å²) in [6, 6.07) is 14.5. The third kappa shape index (κ3) is 5.25. The zero-order valence-electron chi connectivity index (χ0n) is 15.6. The molecule has 0 aliphatic carbocycles. The normalized spacial score (nSPS) is 15.4. The molecule has 1 heterocycles. The topological polar surface area (TPSA) is 49.9 Å². The molecule has 2 aromatic carbocycles. The summed E-state index contributed by atoms with van der Waals surface area (Å²) in [5.41, 5.74) is 1.48. The smallest absolute Gasteiger partial charge is 0.254 e. The maximum absolute atomic E-state index is 12.7. The van der Waals surface area contributed by atoms with Crippen molar-refractivity contribution in [1.82, 2.24) is 9.80 Å². The number of ether oxygens (including phenoxy) is 1. The molecule has 0 radical (unpaired) electrons. The highest BCUT2D eigenvalue weighted by Crippen LogP contribution is 2.21. The van der Waals surface area contributed by atoms with E-state index in [1.807, 2.05) is 30.3 Å². The second kappa shape index (κ2) is 9.41. The van der Waals surface area contributed by atoms with Gasteiger partial charge in [0.05, 0.1) is 6.61 Å². The van der Waals surface area contributed by atoms with Gasteiger partial charge in [0.15, 0.2) is 0 Å². The minimum absolute atomic E-state index is 0.0613. The number of nitrogens with zero attached hydrogens (tertiary/aromatic N) is 2. The quantitative estimate of drug-likeness (QED) is 0.736. The van der Waals surface area contributed by atoms with Gasteiger partial charge in [0.2, 0.25) is 0 Å². The number of amides is 2. The van der Waals surface area contributed by atoms with Crippen molar-refractivity contribution >= 4 is 35.0 Å². The first-order chi connectivity index (χ1) is 13.4. The van der Waals surface area contributed by atoms with Crippen LogP contribution in [0.5, 0.6) is 0 Å². The molecule has 0 spiro atoms. The fourth-order valence-corrected chi connectivity index (χ4v) is 3.64. The van der Waals surface area contributed by atoms with Crippen molar-refractivity contribution in [3.05, 3.63) is 69.7 Å². The SMILES string of the molecule is CC(OCc1ccccc1)C(=O)N1CCN(C(=O)c2cc(Cl)cc(Cl)c2)CC1. The van der Waals surface area contributed by atoms with Crippen LogP contribution in [0.4, 0.5) is 0 Å². The lowest BCUT2D eigenvalue weighted by Gasteiger charge is -2.36. The van der Waals surface area contributed by atoms with Gasteiger partial charge in [0.25, 0.3) is 11.8 Å². The number of carbonyl (C=O) groups excluding carboxylic acids is 2. The highest BCUT2D eigenvalue weighted by molar-refractivity contribution is 6.35. The Morgan fingerprint density at radius 1 is 0.964 bits per heavy atom. The van der Waals surface area contributed by atoms with E-state index in [1.54, 1.807) is 34.9 Å². The van der Waals surface area contributed by atoms with E-state index in [9.17, 15) is 9.59 Å². The zero-order chi connectivity index (χ0) is 20.1. The number of benzene rings is 2. The van der Waals surface area contributed by atoms with Crippen LogP contribution in [0.3, 0.4) is 0 Å². The first-order valence-electron chi connectivity index (χ1n) is 9.14. The average molecular weight is 421 g/mol. The Bertz CT molecular complexity index is 817. The summed E-state index contributed by atoms with van der Waals surface area (Å²) in [7, 11) is 0. The average Bonchev–Trinajstić information content (AvgIpc) is 2.71. The largest absolute Gasteiger partial charge is 0.364 e. The molecule has 28 heavy (non-hydrogen) atoms. The number of piperazine rings is 1. The van der Waals surface area contributed by atoms with Gasteiger partial charge in [-0.3, -0.25) is 9.59 Å². The molecule has 7 heteroatoms. The molecule has 2 amide bonds. The summed E-state index contributed by atoms with van der Waals surface area (Å²) in [6.45, 7) is 4.01. The highest BCUT2D eigenvalue weighted by Gasteiger charge is 2.28. The Morgan fingerprint density at radius 3 is 2.14 bits per heavy atom. The van der Waals surface area contributed by atoms with Gasteiger partial charge in [-0.25, -0.2) is 0 Å². The first kappa shape index (κ1) is 20.6. The van der Waals surface area contributed by atoms with Gasteiger partial charge in [0.1, 0.15) is 6.10 Å². The van der Waals surface area contributed by atoms with Crippen molar-refractivity contribution in [2.24, 2.45) is 0 Å². The van der Waals surface area contributed by atoms with Crippen LogP contribution in [0.2, 0.25) is 10.0 Å². The van der Waals surface area contributed by atoms with Crippen molar-refractivity contribution in [3.63, 3.8) is 0 Å². The molecule has 1 fully saturated rings. The summed E-state index contributed by atoms with van der Waals surface area (Å²) < 4.78 is 5.71. The fraction of sp³-hybridized carbons (Fsp3) is 0.333. The predicted octanol–water partition coefficient (Wildman–Crippen LogP) is 3.88. The predicted molar refractivity (Wildman–Crippen MR) is 110 cm³/mol. The summed E-state index contributed by atoms with van der Waals surface area (Å²) in [4.78, 5) is 28.7. The second-order valence-electron chi connectivity index (χ2n) is 6.71. The maximum atomic E-state index is 12.7. The molecule has 148 valence electrons. The van der Waals surface area contributed by atoms with Gasteiger partial charge in [-0.2, -0.15) is 0 Å². The van der Waals surface area contributed by atoms with Gasteiger partial charge in [0, 0.05) is 41.8 Å². The van der Waals surface area contributed by atoms with Crippen LogP contribution in [0.15, 0.2) is 48.5 Å². The molecule has 2 aromatic rings. The van der Waals surface area contributed by atoms with Crippen molar-refractivity contribution in [2.45, 2.75) is 19.6 Å². The van der Waals surface area contributed by atoms with E-state index >= 15 is 0 Å². The Morgan fingerprint density at radius 2 is 1.54 bits per heavy atom. The standard InChI is InChI=1S/C21H22Cl2N2O3/c1-15(28-14-16-5-3-2-4-6-16)20(26)24-7-9-25(10-8-24)21(27)17-11-18(22)13-19(23)12-17/h2-6,11-13,15H,7-10,14H2,1H3. The van der Waals surface area contributed by atoms with Crippen LogP contribution in [0, 0.1) is 0 Å². The van der Waals surface area contributed by atoms with E-state index in [2.05, 4.69) is 0 Å². The van der Waals surface area contributed by atoms with E-state index in [1.165, 1.54) is 0 Å². The van der Waals surface area contributed by atoms with Gasteiger partial charge in [-0.1, -0.05) is 53.5 Å². The van der Waals surface area contributed by atoms with Crippen LogP contribution >= 0.6 is 23.2 Å². The number of hydrogen-bond acceptors (Lipinski definition) is 3. The monoisotopic (exact) mass is 420 g/mol. The van der Waals surface area contributed by atoms with Gasteiger partial charge >= 0.3 is 0 Å². The third-order valence-electron chi connectivity index (χ3n) is 4.68. The molecule has 1 unspecified atom stereocenters. The summed E-state index contributed by atoms with van der Waals surface area (Å²) in [5.74, 6) is -0.196. The van der Waals surface area contributed by atoms with Crippen molar-refractivity contribution < 1.29 is 14.3 Å². The van der Waals surface area contributed by atoms with E-state index < -0.39 is 6.10 Å². The molecule has 0 saturated carbocycles. The Balaban J connectivity index is 1.51. The molecular formula is C21H22Cl2N2O3. The lowest BCUT2D eigenvalue weighted by atomic mass is 10.1. The van der Waals surface area contributed by atoms with E-state index in [0.717, 1.165) is 5.56 Å². The highest BCUT2D eigenvalue weighted by atomic mass is 35.5. The van der Waals surface area contributed by atoms with Gasteiger partial charge in [-0.05, 0) is 30.7 Å². The van der Waals surface area contributed by atoms with Crippen LogP contribution < -0.4 is 0 Å². The summed E-state index contributed by atoms with van der Waals surface area (Å²) in [5, 5.41) is 0.850. The molecule has 0 aromatic heterocycles. The Hall–Kier alpha value is -2.08. The number of halogens is 2. The Kier molecular flexibility index (Phi) is 6.94. The number of rotatable bonds is 5. The maximum Gasteiger partial charge on any atom is 0.254 e. The molecule has 1 saturated heterocycles. The van der Waals surface area contributed by atoms with Crippen molar-refractivity contribution in [1.29, 1.82) is 0 Å². The molecule has 5 nitrogen and oxygen atoms in total. The van der Waals surface area contributed by atoms with Gasteiger partial charge < -0.3 is 14.5 Å². The minimum atomic E-state index is -0.533. The molecule has 1 atom stereocenters. The Labute approximate surface area is 174 Å². The fourth-order valence-electron chi connectivity index (χ4n) is 3.11. The van der Waals surface area contributed by atoms with Crippen LogP contribution in [-0.2, 0) is 16.1 Å². The lowest BCUT2D eigenvalue weighted by molar-refractivity contribution is -0.144. The van der Waals surface area contributed by atoms with Crippen LogP contribution in [0.25, 0.3) is 0 Å². The molecule has 1 aliphatic rings. The molecular weight excluding hydrogens is 399 g/mol. The number of hydrogen-bond donors (Lipinski definition) is 0. The second-order valence-corrected chi connectivity index (χ2v) is 7.59. The molecule has 0 N–H and O–H groups in total. The minimum Gasteiger partial charge on any atom is -0.364 e. The molecule has 0 bridgehead atoms. The van der Waals surface area contributed by atoms with Crippen LogP contribution in [-0.4, -0.2) is 53.9 Å².